The number of amides is 3. The van der Waals surface area contributed by atoms with Gasteiger partial charge in [0, 0.05) is 37.7 Å². The van der Waals surface area contributed by atoms with Gasteiger partial charge < -0.3 is 19.9 Å². The van der Waals surface area contributed by atoms with Gasteiger partial charge in [-0.1, -0.05) is 68.9 Å². The lowest BCUT2D eigenvalue weighted by molar-refractivity contribution is -0.132. The quantitative estimate of drug-likeness (QED) is 0.343. The molecule has 9 heteroatoms. The van der Waals surface area contributed by atoms with E-state index in [4.69, 9.17) is 9.73 Å². The van der Waals surface area contributed by atoms with Crippen LogP contribution in [0, 0.1) is 0 Å². The fraction of sp³-hybridized carbons (Fsp3) is 0.543. The summed E-state index contributed by atoms with van der Waals surface area (Å²) in [6.07, 6.45) is 12.7. The van der Waals surface area contributed by atoms with Gasteiger partial charge in [0.15, 0.2) is 0 Å². The van der Waals surface area contributed by atoms with Crippen molar-refractivity contribution in [2.45, 2.75) is 102 Å². The van der Waals surface area contributed by atoms with Gasteiger partial charge in [-0.05, 0) is 55.9 Å². The molecular weight excluding hydrogens is 554 g/mol. The molecule has 0 atom stereocenters. The van der Waals surface area contributed by atoms with Gasteiger partial charge in [0.2, 0.25) is 23.7 Å². The molecule has 0 radical (unpaired) electrons. The van der Waals surface area contributed by atoms with Crippen LogP contribution in [0.25, 0.3) is 0 Å². The van der Waals surface area contributed by atoms with Crippen LogP contribution in [0.5, 0.6) is 5.75 Å². The summed E-state index contributed by atoms with van der Waals surface area (Å²) in [4.78, 5) is 47.3. The molecule has 2 aromatic carbocycles. The molecule has 1 aliphatic heterocycles. The van der Waals surface area contributed by atoms with E-state index in [9.17, 15) is 14.4 Å². The SMILES string of the molecule is CN(C(=O)CCCOc1ccc2c(c1)CN(CC(=O)NC1CCCCC1)C(NC(=O)Cc1ccccc1)=N2)C1CCCCC1. The highest BCUT2D eigenvalue weighted by atomic mass is 16.5. The number of guanidine groups is 1. The lowest BCUT2D eigenvalue weighted by Gasteiger charge is -2.31. The molecule has 5 rings (SSSR count). The fourth-order valence-electron chi connectivity index (χ4n) is 6.50. The fourth-order valence-corrected chi connectivity index (χ4v) is 6.50. The molecule has 3 aliphatic rings. The standard InChI is InChI=1S/C35H47N5O4/c1-39(29-16-9-4-10-17-29)34(43)18-11-21-44-30-19-20-31-27(23-30)24-40(25-33(42)36-28-14-7-3-8-15-28)35(37-31)38-32(41)22-26-12-5-2-6-13-26/h2,5-6,12-13,19-20,23,28-29H,3-4,7-11,14-18,21-22,24-25H2,1H3,(H,36,42)(H,37,38,41). The summed E-state index contributed by atoms with van der Waals surface area (Å²) < 4.78 is 6.04. The summed E-state index contributed by atoms with van der Waals surface area (Å²) in [6, 6.07) is 15.9. The molecule has 0 unspecified atom stereocenters. The highest BCUT2D eigenvalue weighted by Gasteiger charge is 2.26. The molecule has 2 N–H and O–H groups in total. The van der Waals surface area contributed by atoms with Crippen molar-refractivity contribution in [3.63, 3.8) is 0 Å². The monoisotopic (exact) mass is 601 g/mol. The summed E-state index contributed by atoms with van der Waals surface area (Å²) in [5, 5.41) is 6.14. The maximum Gasteiger partial charge on any atom is 0.239 e. The van der Waals surface area contributed by atoms with E-state index in [2.05, 4.69) is 10.6 Å². The molecule has 9 nitrogen and oxygen atoms in total. The third kappa shape index (κ3) is 9.07. The van der Waals surface area contributed by atoms with Gasteiger partial charge in [-0.3, -0.25) is 19.7 Å². The zero-order valence-electron chi connectivity index (χ0n) is 26.1. The molecule has 44 heavy (non-hydrogen) atoms. The summed E-state index contributed by atoms with van der Waals surface area (Å²) in [6.45, 7) is 0.961. The molecule has 2 aliphatic carbocycles. The van der Waals surface area contributed by atoms with Crippen molar-refractivity contribution in [2.75, 3.05) is 20.2 Å². The number of carbonyl (C=O) groups excluding carboxylic acids is 3. The number of fused-ring (bicyclic) bond motifs is 1. The van der Waals surface area contributed by atoms with Gasteiger partial charge in [-0.2, -0.15) is 0 Å². The van der Waals surface area contributed by atoms with Gasteiger partial charge in [0.05, 0.1) is 18.7 Å². The first-order valence-electron chi connectivity index (χ1n) is 16.4. The van der Waals surface area contributed by atoms with Crippen molar-refractivity contribution in [3.8, 4) is 5.75 Å². The van der Waals surface area contributed by atoms with Crippen molar-refractivity contribution < 1.29 is 19.1 Å². The van der Waals surface area contributed by atoms with Crippen LogP contribution < -0.4 is 15.4 Å². The Morgan fingerprint density at radius 3 is 2.41 bits per heavy atom. The van der Waals surface area contributed by atoms with E-state index in [1.807, 2.05) is 65.4 Å². The average molecular weight is 602 g/mol. The van der Waals surface area contributed by atoms with Crippen LogP contribution in [0.1, 0.15) is 88.2 Å². The van der Waals surface area contributed by atoms with Gasteiger partial charge in [0.25, 0.3) is 0 Å². The number of carbonyl (C=O) groups is 3. The summed E-state index contributed by atoms with van der Waals surface area (Å²) in [5.41, 5.74) is 2.57. The number of hydrogen-bond acceptors (Lipinski definition) is 6. The lowest BCUT2D eigenvalue weighted by Crippen LogP contribution is -2.50. The Labute approximate surface area is 261 Å². The Kier molecular flexibility index (Phi) is 11.3. The number of aliphatic imine (C=N–C) groups is 1. The number of rotatable bonds is 11. The van der Waals surface area contributed by atoms with E-state index in [1.165, 1.54) is 25.7 Å². The van der Waals surface area contributed by atoms with Crippen LogP contribution in [0.3, 0.4) is 0 Å². The number of benzene rings is 2. The van der Waals surface area contributed by atoms with Crippen LogP contribution in [0.4, 0.5) is 5.69 Å². The molecule has 0 spiro atoms. The average Bonchev–Trinajstić information content (AvgIpc) is 3.04. The molecule has 0 aromatic heterocycles. The smallest absolute Gasteiger partial charge is 0.239 e. The van der Waals surface area contributed by atoms with Crippen LogP contribution in [-0.2, 0) is 27.3 Å². The maximum atomic E-state index is 13.1. The molecular formula is C35H47N5O4. The summed E-state index contributed by atoms with van der Waals surface area (Å²) in [7, 11) is 1.93. The number of nitrogens with zero attached hydrogens (tertiary/aromatic N) is 3. The molecule has 0 bridgehead atoms. The number of hydrogen-bond donors (Lipinski definition) is 2. The molecule has 2 aromatic rings. The van der Waals surface area contributed by atoms with E-state index >= 15 is 0 Å². The molecule has 0 saturated heterocycles. The predicted molar refractivity (Wildman–Crippen MR) is 172 cm³/mol. The van der Waals surface area contributed by atoms with Crippen LogP contribution >= 0.6 is 0 Å². The third-order valence-corrected chi connectivity index (χ3v) is 9.02. The molecule has 3 amide bonds. The number of nitrogens with one attached hydrogen (secondary N) is 2. The van der Waals surface area contributed by atoms with Crippen molar-refractivity contribution in [3.05, 3.63) is 59.7 Å². The molecule has 1 heterocycles. The maximum absolute atomic E-state index is 13.1. The minimum Gasteiger partial charge on any atom is -0.494 e. The van der Waals surface area contributed by atoms with Gasteiger partial charge in [0.1, 0.15) is 12.3 Å². The van der Waals surface area contributed by atoms with Crippen molar-refractivity contribution in [1.29, 1.82) is 0 Å². The summed E-state index contributed by atoms with van der Waals surface area (Å²) in [5.74, 6) is 1.02. The van der Waals surface area contributed by atoms with E-state index in [-0.39, 0.29) is 36.7 Å². The Hall–Kier alpha value is -3.88. The third-order valence-electron chi connectivity index (χ3n) is 9.02. The van der Waals surface area contributed by atoms with Gasteiger partial charge in [-0.15, -0.1) is 0 Å². The minimum atomic E-state index is -0.181. The topological polar surface area (TPSA) is 103 Å². The molecule has 2 saturated carbocycles. The second kappa shape index (κ2) is 15.7. The Morgan fingerprint density at radius 1 is 0.932 bits per heavy atom. The predicted octanol–water partition coefficient (Wildman–Crippen LogP) is 5.25. The Bertz CT molecular complexity index is 1300. The van der Waals surface area contributed by atoms with Crippen LogP contribution in [-0.4, -0.2) is 65.8 Å². The Morgan fingerprint density at radius 2 is 1.66 bits per heavy atom. The van der Waals surface area contributed by atoms with Crippen molar-refractivity contribution in [1.82, 2.24) is 20.4 Å². The largest absolute Gasteiger partial charge is 0.494 e. The van der Waals surface area contributed by atoms with E-state index in [1.54, 1.807) is 0 Å². The molecule has 2 fully saturated rings. The zero-order chi connectivity index (χ0) is 30.7. The number of ether oxygens (including phenoxy) is 1. The first kappa shape index (κ1) is 31.5. The van der Waals surface area contributed by atoms with Gasteiger partial charge in [-0.25, -0.2) is 4.99 Å². The normalized spacial score (nSPS) is 17.3. The van der Waals surface area contributed by atoms with Crippen molar-refractivity contribution >= 4 is 29.4 Å². The highest BCUT2D eigenvalue weighted by molar-refractivity contribution is 6.00. The van der Waals surface area contributed by atoms with Crippen LogP contribution in [0.15, 0.2) is 53.5 Å². The first-order valence-corrected chi connectivity index (χ1v) is 16.4. The summed E-state index contributed by atoms with van der Waals surface area (Å²) >= 11 is 0. The minimum absolute atomic E-state index is 0.0689. The van der Waals surface area contributed by atoms with Crippen LogP contribution in [0.2, 0.25) is 0 Å². The second-order valence-corrected chi connectivity index (χ2v) is 12.4. The molecule has 236 valence electrons. The zero-order valence-corrected chi connectivity index (χ0v) is 26.1. The lowest BCUT2D eigenvalue weighted by atomic mass is 9.94. The Balaban J connectivity index is 1.20. The van der Waals surface area contributed by atoms with E-state index in [0.717, 1.165) is 55.3 Å². The first-order chi connectivity index (χ1) is 21.4. The van der Waals surface area contributed by atoms with E-state index < -0.39 is 0 Å². The van der Waals surface area contributed by atoms with E-state index in [0.29, 0.717) is 43.7 Å². The highest BCUT2D eigenvalue weighted by Crippen LogP contribution is 2.30. The second-order valence-electron chi connectivity index (χ2n) is 12.4. The van der Waals surface area contributed by atoms with Crippen molar-refractivity contribution in [2.24, 2.45) is 4.99 Å². The van der Waals surface area contributed by atoms with Gasteiger partial charge >= 0.3 is 0 Å².